The number of benzene rings is 1. The highest BCUT2D eigenvalue weighted by molar-refractivity contribution is 7.89. The van der Waals surface area contributed by atoms with Crippen LogP contribution < -0.4 is 10.6 Å². The van der Waals surface area contributed by atoms with Crippen LogP contribution in [0.25, 0.3) is 0 Å². The Balaban J connectivity index is 2.24. The van der Waals surface area contributed by atoms with Gasteiger partial charge in [-0.25, -0.2) is 12.7 Å². The molecule has 1 unspecified atom stereocenters. The van der Waals surface area contributed by atoms with E-state index in [9.17, 15) is 13.2 Å². The summed E-state index contributed by atoms with van der Waals surface area (Å²) < 4.78 is 26.4. The summed E-state index contributed by atoms with van der Waals surface area (Å²) in [5.41, 5.74) is 1.44. The second-order valence-electron chi connectivity index (χ2n) is 5.24. The zero-order valence-corrected chi connectivity index (χ0v) is 13.3. The molecule has 1 aromatic carbocycles. The Kier molecular flexibility index (Phi) is 4.65. The van der Waals surface area contributed by atoms with Crippen molar-refractivity contribution in [2.75, 3.05) is 32.5 Å². The maximum atomic E-state index is 12.5. The molecule has 0 aromatic heterocycles. The van der Waals surface area contributed by atoms with E-state index in [0.717, 1.165) is 18.5 Å². The van der Waals surface area contributed by atoms with E-state index >= 15 is 0 Å². The molecule has 21 heavy (non-hydrogen) atoms. The van der Waals surface area contributed by atoms with E-state index in [0.29, 0.717) is 12.2 Å². The molecule has 0 fully saturated rings. The van der Waals surface area contributed by atoms with Crippen LogP contribution in [-0.2, 0) is 14.8 Å². The molecule has 6 nitrogen and oxygen atoms in total. The van der Waals surface area contributed by atoms with E-state index in [1.165, 1.54) is 4.31 Å². The number of rotatable bonds is 6. The minimum Gasteiger partial charge on any atom is -0.325 e. The van der Waals surface area contributed by atoms with Crippen LogP contribution in [0, 0.1) is 0 Å². The number of nitrogens with zero attached hydrogens (tertiary/aromatic N) is 1. The first-order valence-electron chi connectivity index (χ1n) is 6.93. The molecule has 1 amide bonds. The van der Waals surface area contributed by atoms with Crippen LogP contribution in [-0.4, -0.2) is 45.8 Å². The predicted octanol–water partition coefficient (Wildman–Crippen LogP) is 0.972. The maximum absolute atomic E-state index is 12.5. The molecule has 1 atom stereocenters. The van der Waals surface area contributed by atoms with Gasteiger partial charge in [0.2, 0.25) is 15.9 Å². The smallest absolute Gasteiger partial charge is 0.242 e. The fourth-order valence-electron chi connectivity index (χ4n) is 2.33. The molecule has 0 saturated heterocycles. The number of amides is 1. The van der Waals surface area contributed by atoms with Crippen LogP contribution in [0.2, 0.25) is 0 Å². The van der Waals surface area contributed by atoms with Gasteiger partial charge in [0, 0.05) is 19.3 Å². The van der Waals surface area contributed by atoms with Crippen LogP contribution in [0.15, 0.2) is 23.1 Å². The molecular formula is C14H21N3O3S. The summed E-state index contributed by atoms with van der Waals surface area (Å²) in [5, 5.41) is 5.73. The summed E-state index contributed by atoms with van der Waals surface area (Å²) in [7, 11) is -0.107. The number of nitrogens with one attached hydrogen (secondary N) is 2. The lowest BCUT2D eigenvalue weighted by Gasteiger charge is -2.17. The first kappa shape index (κ1) is 15.9. The Morgan fingerprint density at radius 1 is 1.38 bits per heavy atom. The van der Waals surface area contributed by atoms with Crippen molar-refractivity contribution < 1.29 is 13.2 Å². The minimum atomic E-state index is -3.52. The van der Waals surface area contributed by atoms with Crippen LogP contribution in [0.4, 0.5) is 5.69 Å². The van der Waals surface area contributed by atoms with E-state index in [1.54, 1.807) is 32.2 Å². The van der Waals surface area contributed by atoms with Crippen molar-refractivity contribution in [1.82, 2.24) is 9.62 Å². The highest BCUT2D eigenvalue weighted by Gasteiger charge is 2.29. The number of sulfonamides is 1. The van der Waals surface area contributed by atoms with Crippen molar-refractivity contribution in [2.24, 2.45) is 0 Å². The largest absolute Gasteiger partial charge is 0.325 e. The first-order valence-corrected chi connectivity index (χ1v) is 8.37. The van der Waals surface area contributed by atoms with Crippen molar-refractivity contribution >= 4 is 21.6 Å². The third kappa shape index (κ3) is 3.09. The van der Waals surface area contributed by atoms with Gasteiger partial charge >= 0.3 is 0 Å². The molecule has 1 heterocycles. The highest BCUT2D eigenvalue weighted by atomic mass is 32.2. The number of carbonyl (C=O) groups is 1. The topological polar surface area (TPSA) is 78.5 Å². The summed E-state index contributed by atoms with van der Waals surface area (Å²) in [6.07, 6.45) is 0.744. The van der Waals surface area contributed by atoms with Crippen molar-refractivity contribution in [3.63, 3.8) is 0 Å². The van der Waals surface area contributed by atoms with Gasteiger partial charge in [0.05, 0.1) is 10.8 Å². The zero-order valence-electron chi connectivity index (χ0n) is 12.5. The molecule has 7 heteroatoms. The molecule has 0 bridgehead atoms. The Morgan fingerprint density at radius 2 is 2.10 bits per heavy atom. The molecule has 0 spiro atoms. The van der Waals surface area contributed by atoms with Crippen molar-refractivity contribution in [2.45, 2.75) is 24.2 Å². The Bertz CT molecular complexity index is 643. The lowest BCUT2D eigenvalue weighted by molar-refractivity contribution is -0.116. The Labute approximate surface area is 125 Å². The number of hydrogen-bond donors (Lipinski definition) is 2. The van der Waals surface area contributed by atoms with Gasteiger partial charge in [-0.3, -0.25) is 4.79 Å². The molecule has 1 aromatic rings. The summed E-state index contributed by atoms with van der Waals surface area (Å²) in [5.74, 6) is -0.410. The lowest BCUT2D eigenvalue weighted by Crippen LogP contribution is -2.29. The van der Waals surface area contributed by atoms with Gasteiger partial charge in [0.25, 0.3) is 0 Å². The van der Waals surface area contributed by atoms with Gasteiger partial charge in [-0.05, 0) is 50.7 Å². The minimum absolute atomic E-state index is 0.0954. The monoisotopic (exact) mass is 311 g/mol. The molecule has 0 aliphatic carbocycles. The normalized spacial score (nSPS) is 17.9. The molecule has 2 rings (SSSR count). The summed E-state index contributed by atoms with van der Waals surface area (Å²) in [6, 6.07) is 4.80. The first-order chi connectivity index (χ1) is 9.87. The van der Waals surface area contributed by atoms with Gasteiger partial charge in [0.1, 0.15) is 0 Å². The predicted molar refractivity (Wildman–Crippen MR) is 81.8 cm³/mol. The Morgan fingerprint density at radius 3 is 2.76 bits per heavy atom. The molecular weight excluding hydrogens is 290 g/mol. The van der Waals surface area contributed by atoms with Crippen molar-refractivity contribution in [1.29, 1.82) is 0 Å². The van der Waals surface area contributed by atoms with Crippen LogP contribution >= 0.6 is 0 Å². The van der Waals surface area contributed by atoms with Gasteiger partial charge < -0.3 is 10.6 Å². The standard InChI is InChI=1S/C14H21N3O3S/c1-10-12-9-11(5-6-13(12)16-14(10)18)21(19,20)17(3)8-4-7-15-2/h5-6,9-10,15H,4,7-8H2,1-3H3,(H,16,18). The number of carbonyl (C=O) groups excluding carboxylic acids is 1. The second-order valence-corrected chi connectivity index (χ2v) is 7.29. The SMILES string of the molecule is CNCCCN(C)S(=O)(=O)c1ccc2c(c1)C(C)C(=O)N2. The summed E-state index contributed by atoms with van der Waals surface area (Å²) >= 11 is 0. The fourth-order valence-corrected chi connectivity index (χ4v) is 3.58. The molecule has 116 valence electrons. The third-order valence-electron chi connectivity index (χ3n) is 3.75. The van der Waals surface area contributed by atoms with E-state index < -0.39 is 10.0 Å². The van der Waals surface area contributed by atoms with Crippen LogP contribution in [0.1, 0.15) is 24.8 Å². The van der Waals surface area contributed by atoms with E-state index in [4.69, 9.17) is 0 Å². The number of fused-ring (bicyclic) bond motifs is 1. The van der Waals surface area contributed by atoms with E-state index in [-0.39, 0.29) is 16.7 Å². The van der Waals surface area contributed by atoms with Gasteiger partial charge in [-0.2, -0.15) is 0 Å². The molecule has 0 saturated carbocycles. The third-order valence-corrected chi connectivity index (χ3v) is 5.60. The van der Waals surface area contributed by atoms with Crippen LogP contribution in [0.3, 0.4) is 0 Å². The van der Waals surface area contributed by atoms with Crippen LogP contribution in [0.5, 0.6) is 0 Å². The van der Waals surface area contributed by atoms with Gasteiger partial charge in [0.15, 0.2) is 0 Å². The average molecular weight is 311 g/mol. The van der Waals surface area contributed by atoms with Gasteiger partial charge in [-0.15, -0.1) is 0 Å². The second kappa shape index (κ2) is 6.13. The lowest BCUT2D eigenvalue weighted by atomic mass is 10.0. The maximum Gasteiger partial charge on any atom is 0.242 e. The van der Waals surface area contributed by atoms with Crippen molar-refractivity contribution in [3.8, 4) is 0 Å². The quantitative estimate of drug-likeness (QED) is 0.768. The average Bonchev–Trinajstić information content (AvgIpc) is 2.74. The Hall–Kier alpha value is -1.44. The van der Waals surface area contributed by atoms with Gasteiger partial charge in [-0.1, -0.05) is 0 Å². The molecule has 2 N–H and O–H groups in total. The van der Waals surface area contributed by atoms with Crippen molar-refractivity contribution in [3.05, 3.63) is 23.8 Å². The molecule has 1 aliphatic heterocycles. The zero-order chi connectivity index (χ0) is 15.6. The number of anilines is 1. The molecule has 1 aliphatic rings. The highest BCUT2D eigenvalue weighted by Crippen LogP contribution is 2.34. The fraction of sp³-hybridized carbons (Fsp3) is 0.500. The van der Waals surface area contributed by atoms with E-state index in [1.807, 2.05) is 7.05 Å². The number of hydrogen-bond acceptors (Lipinski definition) is 4. The van der Waals surface area contributed by atoms with E-state index in [2.05, 4.69) is 10.6 Å². The summed E-state index contributed by atoms with van der Waals surface area (Å²) in [6.45, 7) is 2.99. The molecule has 0 radical (unpaired) electrons. The summed E-state index contributed by atoms with van der Waals surface area (Å²) in [4.78, 5) is 11.9.